The molecule has 1 atom stereocenters. The van der Waals surface area contributed by atoms with E-state index >= 15 is 0 Å². The van der Waals surface area contributed by atoms with Crippen LogP contribution in [0.4, 0.5) is 18.9 Å². The first kappa shape index (κ1) is 17.4. The Labute approximate surface area is 152 Å². The average Bonchev–Trinajstić information content (AvgIpc) is 3.05. The van der Waals surface area contributed by atoms with Crippen LogP contribution in [0.1, 0.15) is 24.9 Å². The standard InChI is InChI=1S/C19H16F3N3O2/c1-19(21,22)9-27-12-3-4-13(14(20)7-12)17-8-18(26)25(17)11-2-5-15-16(6-11)24-10-23-15/h2-7,10,17H,8-9H2,1H3,(H,23,24)/t17-/m0/s1. The summed E-state index contributed by atoms with van der Waals surface area (Å²) < 4.78 is 45.2. The number of carbonyl (C=O) groups excluding carboxylic acids is 1. The SMILES string of the molecule is CC(F)(F)COc1ccc([C@@H]2CC(=O)N2c2ccc3[nH]cnc3c2)c(F)c1. The van der Waals surface area contributed by atoms with Gasteiger partial charge in [-0.05, 0) is 24.3 Å². The van der Waals surface area contributed by atoms with E-state index in [0.717, 1.165) is 18.5 Å². The molecular formula is C19H16F3N3O2. The number of fused-ring (bicyclic) bond motifs is 1. The predicted molar refractivity (Wildman–Crippen MR) is 93.5 cm³/mol. The zero-order chi connectivity index (χ0) is 19.2. The fourth-order valence-corrected chi connectivity index (χ4v) is 3.14. The van der Waals surface area contributed by atoms with Crippen molar-refractivity contribution in [3.63, 3.8) is 0 Å². The molecule has 1 amide bonds. The van der Waals surface area contributed by atoms with E-state index in [9.17, 15) is 18.0 Å². The van der Waals surface area contributed by atoms with Gasteiger partial charge in [0.05, 0.1) is 29.8 Å². The molecular weight excluding hydrogens is 359 g/mol. The molecule has 0 radical (unpaired) electrons. The van der Waals surface area contributed by atoms with Crippen LogP contribution in [0.25, 0.3) is 11.0 Å². The number of nitrogens with zero attached hydrogens (tertiary/aromatic N) is 2. The number of aromatic nitrogens is 2. The van der Waals surface area contributed by atoms with E-state index in [4.69, 9.17) is 4.74 Å². The number of ether oxygens (including phenoxy) is 1. The van der Waals surface area contributed by atoms with Crippen molar-refractivity contribution in [3.05, 3.63) is 54.1 Å². The van der Waals surface area contributed by atoms with Crippen LogP contribution >= 0.6 is 0 Å². The number of β-lactam (4-membered cyclic amide) rings is 1. The maximum Gasteiger partial charge on any atom is 0.278 e. The minimum atomic E-state index is -3.00. The van der Waals surface area contributed by atoms with Crippen molar-refractivity contribution in [1.82, 2.24) is 9.97 Å². The van der Waals surface area contributed by atoms with Crippen molar-refractivity contribution in [2.75, 3.05) is 11.5 Å². The monoisotopic (exact) mass is 375 g/mol. The van der Waals surface area contributed by atoms with Crippen LogP contribution in [0.15, 0.2) is 42.7 Å². The van der Waals surface area contributed by atoms with Gasteiger partial charge >= 0.3 is 0 Å². The number of H-pyrrole nitrogens is 1. The number of amides is 1. The number of anilines is 1. The van der Waals surface area contributed by atoms with Gasteiger partial charge in [0.25, 0.3) is 5.92 Å². The molecule has 1 fully saturated rings. The molecule has 3 aromatic rings. The number of aromatic amines is 1. The maximum atomic E-state index is 14.5. The first-order valence-electron chi connectivity index (χ1n) is 8.37. The Morgan fingerprint density at radius 2 is 2.11 bits per heavy atom. The minimum Gasteiger partial charge on any atom is -0.487 e. The summed E-state index contributed by atoms with van der Waals surface area (Å²) in [4.78, 5) is 20.8. The molecule has 2 heterocycles. The summed E-state index contributed by atoms with van der Waals surface area (Å²) in [5, 5.41) is 0. The van der Waals surface area contributed by atoms with Gasteiger partial charge < -0.3 is 14.6 Å². The molecule has 140 valence electrons. The van der Waals surface area contributed by atoms with E-state index in [1.807, 2.05) is 0 Å². The van der Waals surface area contributed by atoms with Gasteiger partial charge in [0.2, 0.25) is 5.91 Å². The van der Waals surface area contributed by atoms with Gasteiger partial charge in [-0.2, -0.15) is 0 Å². The van der Waals surface area contributed by atoms with Crippen LogP contribution in [0.2, 0.25) is 0 Å². The molecule has 0 spiro atoms. The Morgan fingerprint density at radius 3 is 2.81 bits per heavy atom. The van der Waals surface area contributed by atoms with Crippen LogP contribution < -0.4 is 9.64 Å². The van der Waals surface area contributed by atoms with Gasteiger partial charge in [0.1, 0.15) is 11.6 Å². The normalized spacial score (nSPS) is 17.3. The zero-order valence-corrected chi connectivity index (χ0v) is 14.4. The summed E-state index contributed by atoms with van der Waals surface area (Å²) in [6.07, 6.45) is 1.73. The molecule has 1 aromatic heterocycles. The third kappa shape index (κ3) is 3.34. The molecule has 1 aliphatic heterocycles. The molecule has 0 bridgehead atoms. The molecule has 1 N–H and O–H groups in total. The minimum absolute atomic E-state index is 0.0212. The summed E-state index contributed by atoms with van der Waals surface area (Å²) in [6.45, 7) is -0.102. The number of alkyl halides is 2. The fraction of sp³-hybridized carbons (Fsp3) is 0.263. The number of carbonyl (C=O) groups is 1. The third-order valence-electron chi connectivity index (χ3n) is 4.45. The Balaban J connectivity index is 1.58. The van der Waals surface area contributed by atoms with Crippen LogP contribution in [0.3, 0.4) is 0 Å². The van der Waals surface area contributed by atoms with E-state index in [0.29, 0.717) is 16.8 Å². The van der Waals surface area contributed by atoms with Crippen molar-refractivity contribution in [1.29, 1.82) is 0 Å². The van der Waals surface area contributed by atoms with E-state index in [1.165, 1.54) is 17.0 Å². The second-order valence-corrected chi connectivity index (χ2v) is 6.63. The molecule has 1 saturated heterocycles. The molecule has 0 aliphatic carbocycles. The summed E-state index contributed by atoms with van der Waals surface area (Å²) >= 11 is 0. The Hall–Kier alpha value is -3.03. The lowest BCUT2D eigenvalue weighted by Gasteiger charge is -2.40. The van der Waals surface area contributed by atoms with Crippen molar-refractivity contribution in [3.8, 4) is 5.75 Å². The number of halogens is 3. The highest BCUT2D eigenvalue weighted by atomic mass is 19.3. The molecule has 5 nitrogen and oxygen atoms in total. The number of benzene rings is 2. The lowest BCUT2D eigenvalue weighted by atomic mass is 9.92. The third-order valence-corrected chi connectivity index (χ3v) is 4.45. The fourth-order valence-electron chi connectivity index (χ4n) is 3.14. The highest BCUT2D eigenvalue weighted by Gasteiger charge is 2.40. The Morgan fingerprint density at radius 1 is 1.30 bits per heavy atom. The number of rotatable bonds is 5. The van der Waals surface area contributed by atoms with Crippen molar-refractivity contribution >= 4 is 22.6 Å². The lowest BCUT2D eigenvalue weighted by Crippen LogP contribution is -2.47. The highest BCUT2D eigenvalue weighted by molar-refractivity contribution is 6.02. The van der Waals surface area contributed by atoms with Crippen molar-refractivity contribution in [2.24, 2.45) is 0 Å². The molecule has 0 unspecified atom stereocenters. The van der Waals surface area contributed by atoms with Gasteiger partial charge in [-0.15, -0.1) is 0 Å². The van der Waals surface area contributed by atoms with Crippen molar-refractivity contribution in [2.45, 2.75) is 25.3 Å². The quantitative estimate of drug-likeness (QED) is 0.680. The van der Waals surface area contributed by atoms with Gasteiger partial charge in [-0.1, -0.05) is 6.07 Å². The van der Waals surface area contributed by atoms with Gasteiger partial charge in [-0.25, -0.2) is 18.2 Å². The number of imidazole rings is 1. The molecule has 1 aliphatic rings. The lowest BCUT2D eigenvalue weighted by molar-refractivity contribution is -0.124. The first-order chi connectivity index (χ1) is 12.8. The molecule has 8 heteroatoms. The van der Waals surface area contributed by atoms with E-state index in [1.54, 1.807) is 24.5 Å². The maximum absolute atomic E-state index is 14.5. The zero-order valence-electron chi connectivity index (χ0n) is 14.4. The van der Waals surface area contributed by atoms with Gasteiger partial charge in [0, 0.05) is 24.2 Å². The van der Waals surface area contributed by atoms with E-state index < -0.39 is 24.4 Å². The van der Waals surface area contributed by atoms with Crippen LogP contribution in [-0.4, -0.2) is 28.4 Å². The average molecular weight is 375 g/mol. The highest BCUT2D eigenvalue weighted by Crippen LogP contribution is 2.41. The van der Waals surface area contributed by atoms with E-state index in [2.05, 4.69) is 9.97 Å². The predicted octanol–water partition coefficient (Wildman–Crippen LogP) is 4.21. The van der Waals surface area contributed by atoms with Crippen LogP contribution in [0.5, 0.6) is 5.75 Å². The molecule has 0 saturated carbocycles. The Kier molecular flexibility index (Phi) is 4.05. The number of hydrogen-bond donors (Lipinski definition) is 1. The summed E-state index contributed by atoms with van der Waals surface area (Å²) in [5.74, 6) is -3.71. The summed E-state index contributed by atoms with van der Waals surface area (Å²) in [5.41, 5.74) is 2.48. The summed E-state index contributed by atoms with van der Waals surface area (Å²) in [7, 11) is 0. The smallest absolute Gasteiger partial charge is 0.278 e. The topological polar surface area (TPSA) is 58.2 Å². The number of nitrogens with one attached hydrogen (secondary N) is 1. The largest absolute Gasteiger partial charge is 0.487 e. The molecule has 27 heavy (non-hydrogen) atoms. The first-order valence-corrected chi connectivity index (χ1v) is 8.37. The Bertz CT molecular complexity index is 1010. The molecule has 2 aromatic carbocycles. The second kappa shape index (κ2) is 6.29. The van der Waals surface area contributed by atoms with Gasteiger partial charge in [-0.3, -0.25) is 4.79 Å². The summed E-state index contributed by atoms with van der Waals surface area (Å²) in [6, 6.07) is 8.84. The van der Waals surface area contributed by atoms with Crippen LogP contribution in [0, 0.1) is 5.82 Å². The number of hydrogen-bond acceptors (Lipinski definition) is 3. The van der Waals surface area contributed by atoms with Crippen LogP contribution in [-0.2, 0) is 4.79 Å². The van der Waals surface area contributed by atoms with Crippen molar-refractivity contribution < 1.29 is 22.7 Å². The second-order valence-electron chi connectivity index (χ2n) is 6.63. The van der Waals surface area contributed by atoms with E-state index in [-0.39, 0.29) is 18.1 Å². The van der Waals surface area contributed by atoms with Gasteiger partial charge in [0.15, 0.2) is 6.61 Å². The molecule has 4 rings (SSSR count).